The Morgan fingerprint density at radius 3 is 3.20 bits per heavy atom. The Hall–Kier alpha value is -0.900. The number of oxime groups is 1. The van der Waals surface area contributed by atoms with Crippen LogP contribution in [-0.2, 0) is 0 Å². The maximum atomic E-state index is 8.18. The summed E-state index contributed by atoms with van der Waals surface area (Å²) in [6.07, 6.45) is 3.19. The van der Waals surface area contributed by atoms with Gasteiger partial charge in [-0.2, -0.15) is 0 Å². The van der Waals surface area contributed by atoms with Crippen molar-refractivity contribution in [2.24, 2.45) is 5.16 Å². The molecule has 1 aromatic heterocycles. The molecule has 0 saturated carbocycles. The third kappa shape index (κ3) is 1.54. The summed E-state index contributed by atoms with van der Waals surface area (Å²) in [6, 6.07) is 0. The van der Waals surface area contributed by atoms with Crippen molar-refractivity contribution < 1.29 is 5.21 Å². The van der Waals surface area contributed by atoms with Crippen LogP contribution < -0.4 is 0 Å². The standard InChI is InChI=1S/C6H8N2OS/c1-5(4-8-9)6-7-2-3-10-6/h2-5,9H,1H3. The van der Waals surface area contributed by atoms with Gasteiger partial charge in [0, 0.05) is 17.5 Å². The van der Waals surface area contributed by atoms with Gasteiger partial charge < -0.3 is 5.21 Å². The smallest absolute Gasteiger partial charge is 0.101 e. The molecule has 0 aromatic carbocycles. The topological polar surface area (TPSA) is 45.5 Å². The van der Waals surface area contributed by atoms with Gasteiger partial charge in [-0.05, 0) is 0 Å². The number of nitrogens with zero attached hydrogens (tertiary/aromatic N) is 2. The van der Waals surface area contributed by atoms with E-state index < -0.39 is 0 Å². The summed E-state index contributed by atoms with van der Waals surface area (Å²) in [5.41, 5.74) is 0. The molecular formula is C6H8N2OS. The SMILES string of the molecule is CC(C=NO)c1nccs1. The summed E-state index contributed by atoms with van der Waals surface area (Å²) in [6.45, 7) is 1.93. The molecule has 0 bridgehead atoms. The second-order valence-electron chi connectivity index (χ2n) is 1.92. The third-order valence-corrected chi connectivity index (χ3v) is 2.11. The fourth-order valence-corrected chi connectivity index (χ4v) is 1.28. The Labute approximate surface area is 63.0 Å². The molecule has 3 nitrogen and oxygen atoms in total. The van der Waals surface area contributed by atoms with Crippen molar-refractivity contribution in [1.29, 1.82) is 0 Å². The van der Waals surface area contributed by atoms with E-state index in [4.69, 9.17) is 5.21 Å². The Kier molecular flexibility index (Phi) is 2.39. The van der Waals surface area contributed by atoms with Crippen molar-refractivity contribution in [3.63, 3.8) is 0 Å². The van der Waals surface area contributed by atoms with Crippen LogP contribution in [0.25, 0.3) is 0 Å². The van der Waals surface area contributed by atoms with E-state index in [1.807, 2.05) is 12.3 Å². The molecule has 1 unspecified atom stereocenters. The van der Waals surface area contributed by atoms with Crippen LogP contribution in [0.15, 0.2) is 16.7 Å². The highest BCUT2D eigenvalue weighted by Gasteiger charge is 2.03. The third-order valence-electron chi connectivity index (χ3n) is 1.13. The van der Waals surface area contributed by atoms with Crippen LogP contribution in [0.4, 0.5) is 0 Å². The predicted octanol–water partition coefficient (Wildman–Crippen LogP) is 1.71. The van der Waals surface area contributed by atoms with Gasteiger partial charge in [0.1, 0.15) is 5.01 Å². The zero-order valence-electron chi connectivity index (χ0n) is 5.56. The van der Waals surface area contributed by atoms with Crippen molar-refractivity contribution >= 4 is 17.6 Å². The molecule has 10 heavy (non-hydrogen) atoms. The van der Waals surface area contributed by atoms with E-state index >= 15 is 0 Å². The van der Waals surface area contributed by atoms with Gasteiger partial charge in [0.2, 0.25) is 0 Å². The quantitative estimate of drug-likeness (QED) is 0.402. The summed E-state index contributed by atoms with van der Waals surface area (Å²) in [5.74, 6) is 0.116. The molecule has 0 radical (unpaired) electrons. The second-order valence-corrected chi connectivity index (χ2v) is 2.85. The summed E-state index contributed by atoms with van der Waals surface area (Å²) >= 11 is 1.56. The fourth-order valence-electron chi connectivity index (χ4n) is 0.623. The lowest BCUT2D eigenvalue weighted by atomic mass is 10.2. The van der Waals surface area contributed by atoms with Gasteiger partial charge in [-0.1, -0.05) is 6.92 Å². The Bertz CT molecular complexity index is 208. The molecule has 1 heterocycles. The van der Waals surface area contributed by atoms with E-state index in [0.29, 0.717) is 0 Å². The first-order chi connectivity index (χ1) is 4.84. The Morgan fingerprint density at radius 2 is 2.70 bits per heavy atom. The van der Waals surface area contributed by atoms with Crippen molar-refractivity contribution in [3.05, 3.63) is 16.6 Å². The minimum absolute atomic E-state index is 0.116. The zero-order chi connectivity index (χ0) is 7.40. The number of rotatable bonds is 2. The number of aromatic nitrogens is 1. The zero-order valence-corrected chi connectivity index (χ0v) is 6.38. The molecule has 0 aliphatic rings. The molecule has 0 amide bonds. The van der Waals surface area contributed by atoms with Crippen LogP contribution in [0.1, 0.15) is 17.8 Å². The van der Waals surface area contributed by atoms with Gasteiger partial charge in [0.15, 0.2) is 0 Å². The van der Waals surface area contributed by atoms with Crippen molar-refractivity contribution in [2.75, 3.05) is 0 Å². The lowest BCUT2D eigenvalue weighted by Crippen LogP contribution is -1.92. The maximum Gasteiger partial charge on any atom is 0.101 e. The maximum absolute atomic E-state index is 8.18. The highest BCUT2D eigenvalue weighted by molar-refractivity contribution is 7.09. The first-order valence-corrected chi connectivity index (χ1v) is 3.79. The summed E-state index contributed by atoms with van der Waals surface area (Å²) in [5, 5.41) is 14.0. The Morgan fingerprint density at radius 1 is 1.90 bits per heavy atom. The molecule has 54 valence electrons. The first kappa shape index (κ1) is 7.21. The second kappa shape index (κ2) is 3.31. The molecule has 1 N–H and O–H groups in total. The average molecular weight is 156 g/mol. The fraction of sp³-hybridized carbons (Fsp3) is 0.333. The molecular weight excluding hydrogens is 148 g/mol. The molecule has 1 aromatic rings. The van der Waals surface area contributed by atoms with E-state index in [1.165, 1.54) is 6.21 Å². The van der Waals surface area contributed by atoms with E-state index in [2.05, 4.69) is 10.1 Å². The van der Waals surface area contributed by atoms with Crippen LogP contribution in [0, 0.1) is 0 Å². The normalized spacial score (nSPS) is 14.1. The van der Waals surface area contributed by atoms with Gasteiger partial charge in [-0.25, -0.2) is 4.98 Å². The largest absolute Gasteiger partial charge is 0.411 e. The monoisotopic (exact) mass is 156 g/mol. The van der Waals surface area contributed by atoms with Crippen LogP contribution in [-0.4, -0.2) is 16.4 Å². The van der Waals surface area contributed by atoms with Crippen LogP contribution in [0.5, 0.6) is 0 Å². The van der Waals surface area contributed by atoms with Gasteiger partial charge in [0.05, 0.1) is 6.21 Å². The van der Waals surface area contributed by atoms with Gasteiger partial charge in [-0.15, -0.1) is 16.5 Å². The average Bonchev–Trinajstić information content (AvgIpc) is 2.38. The lowest BCUT2D eigenvalue weighted by Gasteiger charge is -1.95. The first-order valence-electron chi connectivity index (χ1n) is 2.91. The minimum atomic E-state index is 0.116. The summed E-state index contributed by atoms with van der Waals surface area (Å²) in [4.78, 5) is 4.05. The van der Waals surface area contributed by atoms with Crippen LogP contribution >= 0.6 is 11.3 Å². The lowest BCUT2D eigenvalue weighted by molar-refractivity contribution is 0.320. The molecule has 0 aliphatic heterocycles. The number of hydrogen-bond acceptors (Lipinski definition) is 4. The van der Waals surface area contributed by atoms with Crippen molar-refractivity contribution in [1.82, 2.24) is 4.98 Å². The van der Waals surface area contributed by atoms with Crippen molar-refractivity contribution in [3.8, 4) is 0 Å². The van der Waals surface area contributed by atoms with Gasteiger partial charge in [-0.3, -0.25) is 0 Å². The van der Waals surface area contributed by atoms with Gasteiger partial charge in [0.25, 0.3) is 0 Å². The van der Waals surface area contributed by atoms with E-state index in [1.54, 1.807) is 17.5 Å². The number of thiazole rings is 1. The highest BCUT2D eigenvalue weighted by atomic mass is 32.1. The minimum Gasteiger partial charge on any atom is -0.411 e. The summed E-state index contributed by atoms with van der Waals surface area (Å²) in [7, 11) is 0. The molecule has 1 rings (SSSR count). The van der Waals surface area contributed by atoms with E-state index in [-0.39, 0.29) is 5.92 Å². The molecule has 4 heteroatoms. The molecule has 0 aliphatic carbocycles. The predicted molar refractivity (Wildman–Crippen MR) is 40.8 cm³/mol. The van der Waals surface area contributed by atoms with Crippen LogP contribution in [0.2, 0.25) is 0 Å². The molecule has 0 spiro atoms. The molecule has 0 fully saturated rings. The number of hydrogen-bond donors (Lipinski definition) is 1. The Balaban J connectivity index is 2.67. The van der Waals surface area contributed by atoms with Crippen molar-refractivity contribution in [2.45, 2.75) is 12.8 Å². The van der Waals surface area contributed by atoms with Gasteiger partial charge >= 0.3 is 0 Å². The highest BCUT2D eigenvalue weighted by Crippen LogP contribution is 2.14. The molecule has 1 atom stereocenters. The van der Waals surface area contributed by atoms with E-state index in [9.17, 15) is 0 Å². The summed E-state index contributed by atoms with van der Waals surface area (Å²) < 4.78 is 0. The van der Waals surface area contributed by atoms with E-state index in [0.717, 1.165) is 5.01 Å². The van der Waals surface area contributed by atoms with Crippen LogP contribution in [0.3, 0.4) is 0 Å². The molecule has 0 saturated heterocycles.